The standard InChI is InChI=1S/C20H16ClF3N2O3.C19H14ClF3N2O3.C11H8ClF3N2O.C9H9BrO2.2C5H10O2.CH2O3.6CH4.2K.H/c1-28-19(27)18(13-5-3-2-4-6-13)29-17-8-7-14(21)11-15(17)16-9-10-26(25-16)12-20(22,23)24;20-13-6-7-16(28-17(18(26)27)12-4-2-1-3-5-12)14(10-13)15-8-9-25(24-15)11-19(21,22)23;12-7-1-2-10(18)8(5-7)9-3-4-17(16-9)6-11(13,14)15;1-12-9(11)8(10)7-5-3-2-4-6-7;2*1-6-5-3-2-4-7-5;2-1-4-3;;;;;;;;;/h2-11,18H,12H2,1H3;1-10,17H,11H2,(H,26,27);1-5,18H,6H2;2-6,8H,1H3;2*5H,2-4H2,1H3;1,3H;6*1H4;;;/q;;;;;;;;;;;;;2*+1;-1/p-1. The van der Waals surface area contributed by atoms with Crippen LogP contribution in [0.1, 0.15) is 105 Å². The molecule has 616 valence electrons. The number of aromatic hydroxyl groups is 1. The molecular weight excluding hydrogens is 1690 g/mol. The summed E-state index contributed by atoms with van der Waals surface area (Å²) >= 11 is 21.1. The number of phenolic OH excluding ortho intramolecular Hbond substituents is 1. The Morgan fingerprint density at radius 1 is 0.531 bits per heavy atom. The van der Waals surface area contributed by atoms with E-state index < -0.39 is 62.3 Å². The summed E-state index contributed by atoms with van der Waals surface area (Å²) in [5, 5.41) is 40.2. The van der Waals surface area contributed by atoms with Crippen molar-refractivity contribution in [3.63, 3.8) is 0 Å². The van der Waals surface area contributed by atoms with Crippen LogP contribution in [0, 0.1) is 0 Å². The van der Waals surface area contributed by atoms with Crippen molar-refractivity contribution in [2.75, 3.05) is 41.7 Å². The number of phenols is 1. The Morgan fingerprint density at radius 2 is 0.850 bits per heavy atom. The third kappa shape index (κ3) is 41.6. The fourth-order valence-corrected chi connectivity index (χ4v) is 10.1. The number of halogens is 13. The fraction of sp³-hybridized carbons (Fsp3) is 0.355. The SMILES string of the molecule is C.C.C.C.C.C.COC(=O)C(Br)c1ccccc1.COC(=O)C(Oc1ccc(Cl)cc1-c1ccn(CC(F)(F)F)n1)c1ccccc1.COC1CCCO1.COC1CCCO1.O=C(O)C(Oc1ccc(Cl)cc1-c1ccn(CC(F)(F)F)n1)c1ccccc1.O=CO[O-].Oc1ccc(Cl)cc1-c1ccn(CC(F)(F)F)n1.[H-].[K+].[K+]. The maximum atomic E-state index is 12.6. The minimum Gasteiger partial charge on any atom is -1.00 e. The Kier molecular flexibility index (Phi) is 58.2. The van der Waals surface area contributed by atoms with Crippen LogP contribution < -0.4 is 118 Å². The summed E-state index contributed by atoms with van der Waals surface area (Å²) in [6, 6.07) is 43.9. The van der Waals surface area contributed by atoms with Gasteiger partial charge in [-0.25, -0.2) is 9.59 Å². The third-order valence-electron chi connectivity index (χ3n) is 13.8. The molecule has 6 aromatic carbocycles. The zero-order valence-corrected chi connectivity index (χ0v) is 68.0. The van der Waals surface area contributed by atoms with Crippen molar-refractivity contribution in [2.45, 2.75) is 138 Å². The predicted octanol–water partition coefficient (Wildman–Crippen LogP) is 13.7. The molecule has 5 unspecified atom stereocenters. The minimum absolute atomic E-state index is 0. The number of aromatic nitrogens is 6. The fourth-order valence-electron chi connectivity index (χ4n) is 9.11. The van der Waals surface area contributed by atoms with Gasteiger partial charge in [0, 0.05) is 102 Å². The van der Waals surface area contributed by atoms with Gasteiger partial charge in [0.05, 0.1) is 31.3 Å². The molecule has 22 nitrogen and oxygen atoms in total. The van der Waals surface area contributed by atoms with Gasteiger partial charge in [-0.1, -0.05) is 186 Å². The topological polar surface area (TPSA) is 268 Å². The van der Waals surface area contributed by atoms with Crippen molar-refractivity contribution in [1.29, 1.82) is 0 Å². The smallest absolute Gasteiger partial charge is 1.00 e. The van der Waals surface area contributed by atoms with Crippen molar-refractivity contribution in [3.05, 3.63) is 214 Å². The van der Waals surface area contributed by atoms with Gasteiger partial charge in [0.1, 0.15) is 41.7 Å². The van der Waals surface area contributed by atoms with E-state index in [0.717, 1.165) is 58.5 Å². The van der Waals surface area contributed by atoms with Gasteiger partial charge in [-0.3, -0.25) is 23.6 Å². The van der Waals surface area contributed by atoms with Gasteiger partial charge in [-0.05, 0) is 91.2 Å². The summed E-state index contributed by atoms with van der Waals surface area (Å²) in [4.78, 5) is 45.9. The van der Waals surface area contributed by atoms with Gasteiger partial charge < -0.3 is 59.7 Å². The molecule has 2 aliphatic heterocycles. The van der Waals surface area contributed by atoms with E-state index in [9.17, 15) is 64.1 Å². The van der Waals surface area contributed by atoms with Crippen LogP contribution in [-0.4, -0.2) is 137 Å². The molecule has 0 bridgehead atoms. The van der Waals surface area contributed by atoms with Crippen LogP contribution in [0.2, 0.25) is 15.1 Å². The summed E-state index contributed by atoms with van der Waals surface area (Å²) in [6.07, 6.45) is -7.31. The number of carbonyl (C=O) groups excluding carboxylic acids is 3. The first-order valence-corrected chi connectivity index (χ1v) is 32.8. The number of ether oxygens (including phenoxy) is 8. The number of hydrogen-bond acceptors (Lipinski definition) is 18. The largest absolute Gasteiger partial charge is 1.00 e. The van der Waals surface area contributed by atoms with E-state index in [1.165, 1.54) is 99.5 Å². The Hall–Kier alpha value is -5.98. The molecule has 9 aromatic rings. The molecule has 2 aliphatic rings. The summed E-state index contributed by atoms with van der Waals surface area (Å²) in [5.41, 5.74) is 3.45. The molecule has 0 saturated carbocycles. The number of esters is 2. The first kappa shape index (κ1) is 113. The molecule has 0 spiro atoms. The van der Waals surface area contributed by atoms with E-state index in [-0.39, 0.29) is 218 Å². The number of carbonyl (C=O) groups is 4. The second-order valence-corrected chi connectivity index (χ2v) is 23.7. The van der Waals surface area contributed by atoms with E-state index in [1.807, 2.05) is 30.3 Å². The average Bonchev–Trinajstić information content (AvgIpc) is 0.997. The van der Waals surface area contributed by atoms with Crippen LogP contribution in [0.4, 0.5) is 39.5 Å². The summed E-state index contributed by atoms with van der Waals surface area (Å²) in [5.74, 6) is -1.84. The van der Waals surface area contributed by atoms with E-state index in [0.29, 0.717) is 37.3 Å². The molecule has 5 atom stereocenters. The van der Waals surface area contributed by atoms with Crippen LogP contribution >= 0.6 is 50.7 Å². The molecule has 5 heterocycles. The van der Waals surface area contributed by atoms with Crippen molar-refractivity contribution in [3.8, 4) is 51.0 Å². The molecule has 0 aliphatic carbocycles. The number of aliphatic carboxylic acids is 1. The monoisotopic (exact) mass is 1780 g/mol. The molecular formula is C76H93BrCl3F9K2N6O16. The molecule has 3 aromatic heterocycles. The number of alkyl halides is 10. The summed E-state index contributed by atoms with van der Waals surface area (Å²) in [6.45, 7) is -2.07. The number of hydrogen-bond donors (Lipinski definition) is 2. The van der Waals surface area contributed by atoms with Gasteiger partial charge >= 0.3 is 139 Å². The van der Waals surface area contributed by atoms with Crippen molar-refractivity contribution in [1.82, 2.24) is 29.3 Å². The van der Waals surface area contributed by atoms with Crippen LogP contribution in [0.3, 0.4) is 0 Å². The number of carboxylic acids is 1. The Bertz CT molecular complexity index is 4110. The molecule has 113 heavy (non-hydrogen) atoms. The maximum Gasteiger partial charge on any atom is 1.00 e. The Morgan fingerprint density at radius 3 is 1.15 bits per heavy atom. The zero-order valence-electron chi connectivity index (χ0n) is 58.9. The molecule has 11 rings (SSSR count). The van der Waals surface area contributed by atoms with Gasteiger partial charge in [0.25, 0.3) is 6.47 Å². The van der Waals surface area contributed by atoms with Crippen LogP contribution in [0.15, 0.2) is 182 Å². The van der Waals surface area contributed by atoms with Gasteiger partial charge in [0.15, 0.2) is 12.6 Å². The first-order valence-electron chi connectivity index (χ1n) is 30.8. The van der Waals surface area contributed by atoms with Crippen molar-refractivity contribution < 1.29 is 221 Å². The van der Waals surface area contributed by atoms with Crippen LogP contribution in [0.25, 0.3) is 33.8 Å². The van der Waals surface area contributed by atoms with Gasteiger partial charge in [0.2, 0.25) is 12.2 Å². The predicted molar refractivity (Wildman–Crippen MR) is 408 cm³/mol. The van der Waals surface area contributed by atoms with E-state index in [1.54, 1.807) is 80.9 Å². The number of nitrogens with zero attached hydrogens (tertiary/aromatic N) is 6. The molecule has 2 N–H and O–H groups in total. The molecule has 37 heteroatoms. The van der Waals surface area contributed by atoms with Crippen LogP contribution in [0.5, 0.6) is 17.2 Å². The number of rotatable bonds is 19. The van der Waals surface area contributed by atoms with Gasteiger partial charge in [-0.2, -0.15) is 54.8 Å². The average molecular weight is 1780 g/mol. The number of methoxy groups -OCH3 is 4. The third-order valence-corrected chi connectivity index (χ3v) is 15.4. The second-order valence-electron chi connectivity index (χ2n) is 21.5. The van der Waals surface area contributed by atoms with E-state index in [4.69, 9.17) is 78.0 Å². The molecule has 2 saturated heterocycles. The summed E-state index contributed by atoms with van der Waals surface area (Å²) in [7, 11) is 5.97. The quantitative estimate of drug-likeness (QED) is 0.0145. The number of benzene rings is 6. The van der Waals surface area contributed by atoms with E-state index >= 15 is 0 Å². The first-order chi connectivity index (χ1) is 49.9. The molecule has 0 amide bonds. The summed E-state index contributed by atoms with van der Waals surface area (Å²) < 4.78 is 155. The molecule has 2 fully saturated rings. The Balaban J connectivity index is -0.000000431. The molecule has 0 radical (unpaired) electrons. The van der Waals surface area contributed by atoms with Gasteiger partial charge in [-0.15, -0.1) is 0 Å². The van der Waals surface area contributed by atoms with Crippen molar-refractivity contribution >= 4 is 75.1 Å². The van der Waals surface area contributed by atoms with Crippen molar-refractivity contribution in [2.24, 2.45) is 0 Å². The zero-order chi connectivity index (χ0) is 77.3. The normalized spacial score (nSPS) is 13.5. The maximum absolute atomic E-state index is 12.6. The number of carboxylic acid groups (broad SMARTS) is 1. The Labute approximate surface area is 762 Å². The second kappa shape index (κ2) is 58.0. The minimum atomic E-state index is -4.42. The van der Waals surface area contributed by atoms with Crippen LogP contribution in [-0.2, 0) is 72.1 Å². The van der Waals surface area contributed by atoms with E-state index in [2.05, 4.69) is 40.9 Å².